The van der Waals surface area contributed by atoms with Gasteiger partial charge in [0, 0.05) is 31.2 Å². The van der Waals surface area contributed by atoms with Crippen LogP contribution in [0, 0.1) is 5.92 Å². The zero-order valence-corrected chi connectivity index (χ0v) is 17.8. The Morgan fingerprint density at radius 2 is 1.88 bits per heavy atom. The molecule has 4 nitrogen and oxygen atoms in total. The van der Waals surface area contributed by atoms with Crippen LogP contribution in [0.3, 0.4) is 0 Å². The van der Waals surface area contributed by atoms with Crippen LogP contribution in [0.15, 0.2) is 29.3 Å². The summed E-state index contributed by atoms with van der Waals surface area (Å²) in [6.07, 6.45) is 2.36. The molecule has 0 radical (unpaired) electrons. The van der Waals surface area contributed by atoms with Crippen molar-refractivity contribution in [3.63, 3.8) is 0 Å². The van der Waals surface area contributed by atoms with Crippen LogP contribution < -0.4 is 5.73 Å². The Balaban J connectivity index is 0.00000288. The molecule has 2 rings (SSSR count). The van der Waals surface area contributed by atoms with Crippen LogP contribution in [-0.4, -0.2) is 48.5 Å². The Morgan fingerprint density at radius 1 is 1.25 bits per heavy atom. The second kappa shape index (κ2) is 11.2. The smallest absolute Gasteiger partial charge is 0.191 e. The standard InChI is InChI=1S/C18H29ClN4.HI/c1-3-23(4-2)18(20)21-13-15-9-11-22(12-10-15)14-16-7-5-6-8-17(16)19;/h5-8,15H,3-4,9-14H2,1-2H3,(H2,20,21);1H. The fourth-order valence-corrected chi connectivity index (χ4v) is 3.26. The number of hydrogen-bond acceptors (Lipinski definition) is 2. The van der Waals surface area contributed by atoms with E-state index in [-0.39, 0.29) is 24.0 Å². The van der Waals surface area contributed by atoms with Crippen LogP contribution in [0.1, 0.15) is 32.3 Å². The topological polar surface area (TPSA) is 44.9 Å². The van der Waals surface area contributed by atoms with Gasteiger partial charge in [0.15, 0.2) is 5.96 Å². The molecule has 0 bridgehead atoms. The van der Waals surface area contributed by atoms with E-state index < -0.39 is 0 Å². The van der Waals surface area contributed by atoms with Crippen molar-refractivity contribution in [3.8, 4) is 0 Å². The van der Waals surface area contributed by atoms with Crippen LogP contribution in [0.4, 0.5) is 0 Å². The normalized spacial score (nSPS) is 16.7. The third kappa shape index (κ3) is 6.41. The molecule has 0 aromatic heterocycles. The first-order valence-corrected chi connectivity index (χ1v) is 9.02. The van der Waals surface area contributed by atoms with Crippen LogP contribution in [-0.2, 0) is 6.54 Å². The number of halogens is 2. The number of guanidine groups is 1. The zero-order chi connectivity index (χ0) is 16.7. The number of rotatable bonds is 6. The second-order valence-corrected chi connectivity index (χ2v) is 6.59. The highest BCUT2D eigenvalue weighted by atomic mass is 127. The summed E-state index contributed by atoms with van der Waals surface area (Å²) in [7, 11) is 0. The van der Waals surface area contributed by atoms with Gasteiger partial charge in [0.1, 0.15) is 0 Å². The van der Waals surface area contributed by atoms with E-state index in [1.165, 1.54) is 18.4 Å². The number of likely N-dealkylation sites (tertiary alicyclic amines) is 1. The number of aliphatic imine (C=N–C) groups is 1. The first kappa shape index (κ1) is 21.5. The van der Waals surface area contributed by atoms with E-state index >= 15 is 0 Å². The largest absolute Gasteiger partial charge is 0.370 e. The predicted molar refractivity (Wildman–Crippen MR) is 114 cm³/mol. The van der Waals surface area contributed by atoms with E-state index in [0.29, 0.717) is 11.9 Å². The van der Waals surface area contributed by atoms with Gasteiger partial charge in [0.25, 0.3) is 0 Å². The number of nitrogens with two attached hydrogens (primary N) is 1. The van der Waals surface area contributed by atoms with E-state index in [9.17, 15) is 0 Å². The number of nitrogens with zero attached hydrogens (tertiary/aromatic N) is 3. The summed E-state index contributed by atoms with van der Waals surface area (Å²) in [5, 5.41) is 0.867. The molecule has 0 aliphatic carbocycles. The van der Waals surface area contributed by atoms with Crippen molar-refractivity contribution in [1.82, 2.24) is 9.80 Å². The molecule has 1 aromatic carbocycles. The summed E-state index contributed by atoms with van der Waals surface area (Å²) in [6.45, 7) is 10.1. The number of hydrogen-bond donors (Lipinski definition) is 1. The van der Waals surface area contributed by atoms with E-state index in [2.05, 4.69) is 40.8 Å². The molecular formula is C18H30ClIN4. The van der Waals surface area contributed by atoms with Crippen molar-refractivity contribution in [2.75, 3.05) is 32.7 Å². The molecule has 24 heavy (non-hydrogen) atoms. The molecule has 1 heterocycles. The van der Waals surface area contributed by atoms with Crippen molar-refractivity contribution in [1.29, 1.82) is 0 Å². The lowest BCUT2D eigenvalue weighted by atomic mass is 9.96. The first-order chi connectivity index (χ1) is 11.1. The second-order valence-electron chi connectivity index (χ2n) is 6.18. The number of benzene rings is 1. The molecule has 2 N–H and O–H groups in total. The highest BCUT2D eigenvalue weighted by Gasteiger charge is 2.19. The molecule has 0 unspecified atom stereocenters. The molecule has 0 spiro atoms. The van der Waals surface area contributed by atoms with E-state index in [4.69, 9.17) is 17.3 Å². The van der Waals surface area contributed by atoms with Gasteiger partial charge in [-0.3, -0.25) is 9.89 Å². The summed E-state index contributed by atoms with van der Waals surface area (Å²) in [6, 6.07) is 8.12. The van der Waals surface area contributed by atoms with Gasteiger partial charge in [0.2, 0.25) is 0 Å². The Bertz CT molecular complexity index is 511. The summed E-state index contributed by atoms with van der Waals surface area (Å²) in [5.74, 6) is 1.33. The molecule has 0 saturated carbocycles. The maximum Gasteiger partial charge on any atom is 0.191 e. The maximum absolute atomic E-state index is 6.25. The molecule has 1 saturated heterocycles. The van der Waals surface area contributed by atoms with Gasteiger partial charge in [0.05, 0.1) is 0 Å². The minimum absolute atomic E-state index is 0. The van der Waals surface area contributed by atoms with Crippen molar-refractivity contribution >= 4 is 41.5 Å². The Hall–Kier alpha value is -0.530. The third-order valence-electron chi connectivity index (χ3n) is 4.66. The summed E-state index contributed by atoms with van der Waals surface area (Å²) < 4.78 is 0. The van der Waals surface area contributed by atoms with E-state index in [1.807, 2.05) is 12.1 Å². The van der Waals surface area contributed by atoms with Gasteiger partial charge in [-0.25, -0.2) is 0 Å². The highest BCUT2D eigenvalue weighted by Crippen LogP contribution is 2.22. The summed E-state index contributed by atoms with van der Waals surface area (Å²) >= 11 is 6.25. The predicted octanol–water partition coefficient (Wildman–Crippen LogP) is 3.83. The molecular weight excluding hydrogens is 435 g/mol. The Morgan fingerprint density at radius 3 is 2.46 bits per heavy atom. The SMILES string of the molecule is CCN(CC)C(N)=NCC1CCN(Cc2ccccc2Cl)CC1.I. The Labute approximate surface area is 168 Å². The average Bonchev–Trinajstić information content (AvgIpc) is 2.57. The minimum Gasteiger partial charge on any atom is -0.370 e. The third-order valence-corrected chi connectivity index (χ3v) is 5.03. The van der Waals surface area contributed by atoms with Gasteiger partial charge in [-0.05, 0) is 57.3 Å². The monoisotopic (exact) mass is 464 g/mol. The fraction of sp³-hybridized carbons (Fsp3) is 0.611. The highest BCUT2D eigenvalue weighted by molar-refractivity contribution is 14.0. The molecule has 0 atom stereocenters. The minimum atomic E-state index is 0. The van der Waals surface area contributed by atoms with Crippen LogP contribution in [0.25, 0.3) is 0 Å². The van der Waals surface area contributed by atoms with E-state index in [1.54, 1.807) is 0 Å². The molecule has 1 aromatic rings. The molecule has 6 heteroatoms. The Kier molecular flexibility index (Phi) is 10.0. The van der Waals surface area contributed by atoms with Gasteiger partial charge in [-0.2, -0.15) is 0 Å². The first-order valence-electron chi connectivity index (χ1n) is 8.64. The van der Waals surface area contributed by atoms with Crippen molar-refractivity contribution < 1.29 is 0 Å². The lowest BCUT2D eigenvalue weighted by Crippen LogP contribution is -2.38. The van der Waals surface area contributed by atoms with E-state index in [0.717, 1.165) is 44.3 Å². The molecule has 136 valence electrons. The van der Waals surface area contributed by atoms with Crippen molar-refractivity contribution in [2.45, 2.75) is 33.2 Å². The van der Waals surface area contributed by atoms with Gasteiger partial charge in [-0.1, -0.05) is 29.8 Å². The van der Waals surface area contributed by atoms with Crippen LogP contribution >= 0.6 is 35.6 Å². The maximum atomic E-state index is 6.25. The summed E-state index contributed by atoms with van der Waals surface area (Å²) in [4.78, 5) is 9.18. The van der Waals surface area contributed by atoms with Crippen molar-refractivity contribution in [3.05, 3.63) is 34.9 Å². The van der Waals surface area contributed by atoms with Gasteiger partial charge in [-0.15, -0.1) is 24.0 Å². The fourth-order valence-electron chi connectivity index (χ4n) is 3.06. The molecule has 1 aliphatic rings. The van der Waals surface area contributed by atoms with Crippen LogP contribution in [0.5, 0.6) is 0 Å². The quantitative estimate of drug-likeness (QED) is 0.395. The lowest BCUT2D eigenvalue weighted by Gasteiger charge is -2.31. The molecule has 1 fully saturated rings. The van der Waals surface area contributed by atoms with Crippen molar-refractivity contribution in [2.24, 2.45) is 16.6 Å². The molecule has 0 amide bonds. The molecule has 1 aliphatic heterocycles. The number of piperidine rings is 1. The summed E-state index contributed by atoms with van der Waals surface area (Å²) in [5.41, 5.74) is 7.27. The zero-order valence-electron chi connectivity index (χ0n) is 14.7. The lowest BCUT2D eigenvalue weighted by molar-refractivity contribution is 0.180. The average molecular weight is 465 g/mol. The van der Waals surface area contributed by atoms with Gasteiger partial charge < -0.3 is 10.6 Å². The van der Waals surface area contributed by atoms with Crippen LogP contribution in [0.2, 0.25) is 5.02 Å². The van der Waals surface area contributed by atoms with Gasteiger partial charge >= 0.3 is 0 Å².